The van der Waals surface area contributed by atoms with E-state index in [9.17, 15) is 4.79 Å². The van der Waals surface area contributed by atoms with E-state index in [4.69, 9.17) is 11.6 Å². The van der Waals surface area contributed by atoms with Crippen LogP contribution in [0.2, 0.25) is 0 Å². The van der Waals surface area contributed by atoms with Crippen molar-refractivity contribution in [3.63, 3.8) is 0 Å². The molecule has 0 aromatic rings. The zero-order valence-corrected chi connectivity index (χ0v) is 11.0. The van der Waals surface area contributed by atoms with Crippen LogP contribution in [0.4, 0.5) is 0 Å². The highest BCUT2D eigenvalue weighted by Gasteiger charge is 2.21. The number of carbonyl (C=O) groups excluding carboxylic acids is 1. The lowest BCUT2D eigenvalue weighted by molar-refractivity contribution is -0.121. The van der Waals surface area contributed by atoms with Gasteiger partial charge in [0, 0.05) is 18.7 Å². The molecular weight excluding hydrogens is 208 g/mol. The quantitative estimate of drug-likeness (QED) is 0.448. The van der Waals surface area contributed by atoms with Crippen molar-refractivity contribution < 1.29 is 4.79 Å². The number of hydrogen-bond donors (Lipinski definition) is 0. The van der Waals surface area contributed by atoms with Crippen molar-refractivity contribution >= 4 is 17.4 Å². The van der Waals surface area contributed by atoms with E-state index in [2.05, 4.69) is 20.4 Å². The number of allylic oxidation sites excluding steroid dienone is 1. The summed E-state index contributed by atoms with van der Waals surface area (Å²) < 4.78 is 0. The lowest BCUT2D eigenvalue weighted by Crippen LogP contribution is -2.17. The van der Waals surface area contributed by atoms with Crippen LogP contribution in [0.15, 0.2) is 12.2 Å². The van der Waals surface area contributed by atoms with Crippen LogP contribution in [0.3, 0.4) is 0 Å². The molecule has 0 heterocycles. The Kier molecular flexibility index (Phi) is 6.91. The van der Waals surface area contributed by atoms with Crippen LogP contribution in [-0.4, -0.2) is 11.7 Å². The topological polar surface area (TPSA) is 17.1 Å². The first-order valence-electron chi connectivity index (χ1n) is 5.65. The zero-order valence-electron chi connectivity index (χ0n) is 10.2. The summed E-state index contributed by atoms with van der Waals surface area (Å²) in [6, 6.07) is 0. The molecule has 0 atom stereocenters. The molecule has 0 spiro atoms. The molecule has 0 saturated heterocycles. The van der Waals surface area contributed by atoms with Gasteiger partial charge in [-0.05, 0) is 24.7 Å². The van der Waals surface area contributed by atoms with Gasteiger partial charge >= 0.3 is 0 Å². The molecule has 0 unspecified atom stereocenters. The van der Waals surface area contributed by atoms with Crippen molar-refractivity contribution in [3.05, 3.63) is 12.2 Å². The monoisotopic (exact) mass is 230 g/mol. The van der Waals surface area contributed by atoms with Gasteiger partial charge in [-0.2, -0.15) is 0 Å². The van der Waals surface area contributed by atoms with Crippen molar-refractivity contribution in [1.82, 2.24) is 0 Å². The molecule has 88 valence electrons. The third-order valence-corrected chi connectivity index (χ3v) is 2.93. The maximum atomic E-state index is 11.5. The number of ketones is 1. The Morgan fingerprint density at radius 2 is 1.93 bits per heavy atom. The molecule has 0 fully saturated rings. The molecule has 15 heavy (non-hydrogen) atoms. The minimum absolute atomic E-state index is 0.0846. The highest BCUT2D eigenvalue weighted by Crippen LogP contribution is 2.29. The van der Waals surface area contributed by atoms with Gasteiger partial charge in [0.15, 0.2) is 0 Å². The molecule has 0 aliphatic heterocycles. The second-order valence-electron chi connectivity index (χ2n) is 5.01. The third-order valence-electron chi connectivity index (χ3n) is 2.55. The normalized spacial score (nSPS) is 11.5. The molecule has 0 amide bonds. The van der Waals surface area contributed by atoms with E-state index < -0.39 is 0 Å². The first-order chi connectivity index (χ1) is 6.91. The smallest absolute Gasteiger partial charge is 0.133 e. The predicted molar refractivity (Wildman–Crippen MR) is 67.4 cm³/mol. The summed E-state index contributed by atoms with van der Waals surface area (Å²) >= 11 is 5.67. The first kappa shape index (κ1) is 14.7. The molecule has 2 heteroatoms. The van der Waals surface area contributed by atoms with Crippen molar-refractivity contribution in [3.8, 4) is 0 Å². The van der Waals surface area contributed by atoms with E-state index in [0.717, 1.165) is 24.8 Å². The maximum Gasteiger partial charge on any atom is 0.133 e. The van der Waals surface area contributed by atoms with Crippen molar-refractivity contribution in [1.29, 1.82) is 0 Å². The van der Waals surface area contributed by atoms with Crippen molar-refractivity contribution in [2.75, 3.05) is 5.88 Å². The van der Waals surface area contributed by atoms with Gasteiger partial charge in [0.1, 0.15) is 5.78 Å². The number of carbonyl (C=O) groups is 1. The highest BCUT2D eigenvalue weighted by atomic mass is 35.5. The molecule has 0 N–H and O–H groups in total. The Labute approximate surface area is 98.9 Å². The van der Waals surface area contributed by atoms with Gasteiger partial charge in [-0.3, -0.25) is 4.79 Å². The van der Waals surface area contributed by atoms with Gasteiger partial charge < -0.3 is 0 Å². The van der Waals surface area contributed by atoms with Crippen LogP contribution in [0.1, 0.15) is 52.9 Å². The molecule has 0 aliphatic rings. The summed E-state index contributed by atoms with van der Waals surface area (Å²) in [6.45, 7) is 10.2. The molecular formula is C13H23ClO. The number of halogens is 1. The van der Waals surface area contributed by atoms with Crippen LogP contribution >= 0.6 is 11.6 Å². The molecule has 0 rings (SSSR count). The average Bonchev–Trinajstić information content (AvgIpc) is 2.13. The van der Waals surface area contributed by atoms with E-state index in [1.807, 2.05) is 6.92 Å². The lowest BCUT2D eigenvalue weighted by Gasteiger charge is -2.23. The molecule has 0 aromatic carbocycles. The Morgan fingerprint density at radius 3 is 2.40 bits per heavy atom. The maximum absolute atomic E-state index is 11.5. The number of alkyl halides is 1. The van der Waals surface area contributed by atoms with Gasteiger partial charge in [0.2, 0.25) is 0 Å². The predicted octanol–water partition coefficient (Wildman–Crippen LogP) is 4.35. The number of Topliss-reactive ketones (excluding diaryl/α,β-unsaturated/α-hetero) is 1. The molecule has 0 radical (unpaired) electrons. The largest absolute Gasteiger partial charge is 0.300 e. The lowest BCUT2D eigenvalue weighted by atomic mass is 9.81. The van der Waals surface area contributed by atoms with Gasteiger partial charge in [-0.1, -0.05) is 32.9 Å². The molecule has 0 aromatic heterocycles. The fraction of sp³-hybridized carbons (Fsp3) is 0.769. The Bertz CT molecular complexity index is 219. The number of hydrogen-bond acceptors (Lipinski definition) is 1. The average molecular weight is 231 g/mol. The Hall–Kier alpha value is -0.300. The van der Waals surface area contributed by atoms with Gasteiger partial charge in [0.05, 0.1) is 0 Å². The second kappa shape index (κ2) is 7.05. The van der Waals surface area contributed by atoms with Crippen molar-refractivity contribution in [2.24, 2.45) is 5.41 Å². The Balaban J connectivity index is 3.95. The van der Waals surface area contributed by atoms with E-state index in [-0.39, 0.29) is 5.41 Å². The summed E-state index contributed by atoms with van der Waals surface area (Å²) in [5.74, 6) is 0.901. The van der Waals surface area contributed by atoms with Gasteiger partial charge in [0.25, 0.3) is 0 Å². The zero-order chi connectivity index (χ0) is 11.9. The summed E-state index contributed by atoms with van der Waals surface area (Å²) in [5.41, 5.74) is 1.15. The third kappa shape index (κ3) is 7.61. The first-order valence-corrected chi connectivity index (χ1v) is 6.19. The number of rotatable bonds is 8. The summed E-state index contributed by atoms with van der Waals surface area (Å²) in [7, 11) is 0. The van der Waals surface area contributed by atoms with Crippen LogP contribution in [-0.2, 0) is 4.79 Å². The van der Waals surface area contributed by atoms with Crippen LogP contribution in [0, 0.1) is 5.41 Å². The van der Waals surface area contributed by atoms with Crippen LogP contribution in [0.25, 0.3) is 0 Å². The van der Waals surface area contributed by atoms with E-state index in [1.165, 1.54) is 0 Å². The summed E-state index contributed by atoms with van der Waals surface area (Å²) in [5, 5.41) is 0. The van der Waals surface area contributed by atoms with Crippen LogP contribution < -0.4 is 0 Å². The fourth-order valence-electron chi connectivity index (χ4n) is 1.57. The van der Waals surface area contributed by atoms with E-state index >= 15 is 0 Å². The Morgan fingerprint density at radius 1 is 1.33 bits per heavy atom. The van der Waals surface area contributed by atoms with E-state index in [0.29, 0.717) is 24.5 Å². The molecule has 0 saturated carbocycles. The van der Waals surface area contributed by atoms with Crippen LogP contribution in [0.5, 0.6) is 0 Å². The summed E-state index contributed by atoms with van der Waals surface area (Å²) in [4.78, 5) is 11.5. The van der Waals surface area contributed by atoms with Gasteiger partial charge in [-0.15, -0.1) is 11.6 Å². The minimum atomic E-state index is 0.0846. The van der Waals surface area contributed by atoms with E-state index in [1.54, 1.807) is 0 Å². The molecule has 0 bridgehead atoms. The fourth-order valence-corrected chi connectivity index (χ4v) is 1.70. The molecule has 0 aliphatic carbocycles. The minimum Gasteiger partial charge on any atom is -0.300 e. The standard InChI is InChI=1S/C13H23ClO/c1-5-6-12(15)9-13(3,4)8-7-11(2)10-14/h2,5-10H2,1,3-4H3. The SMILES string of the molecule is C=C(CCl)CCC(C)(C)CC(=O)CCC. The molecule has 1 nitrogen and oxygen atoms in total. The van der Waals surface area contributed by atoms with Crippen molar-refractivity contribution in [2.45, 2.75) is 52.9 Å². The summed E-state index contributed by atoms with van der Waals surface area (Å²) in [6.07, 6.45) is 4.25. The van der Waals surface area contributed by atoms with Gasteiger partial charge in [-0.25, -0.2) is 0 Å². The second-order valence-corrected chi connectivity index (χ2v) is 5.28. The highest BCUT2D eigenvalue weighted by molar-refractivity contribution is 6.19.